The molecule has 4 rings (SSSR count). The van der Waals surface area contributed by atoms with Crippen LogP contribution < -0.4 is 10.9 Å². The van der Waals surface area contributed by atoms with Gasteiger partial charge in [0.25, 0.3) is 5.56 Å². The Balaban J connectivity index is 1.60. The van der Waals surface area contributed by atoms with Gasteiger partial charge in [0, 0.05) is 10.3 Å². The fourth-order valence-corrected chi connectivity index (χ4v) is 5.32. The first-order valence-corrected chi connectivity index (χ1v) is 10.7. The molecule has 0 aliphatic carbocycles. The van der Waals surface area contributed by atoms with Gasteiger partial charge in [-0.1, -0.05) is 11.8 Å². The number of aromatic nitrogens is 4. The Bertz CT molecular complexity index is 1340. The molecule has 8 nitrogen and oxygen atoms in total. The van der Waals surface area contributed by atoms with Crippen molar-refractivity contribution in [2.75, 3.05) is 11.1 Å². The van der Waals surface area contributed by atoms with E-state index in [1.165, 1.54) is 16.6 Å². The van der Waals surface area contributed by atoms with Crippen LogP contribution in [0.1, 0.15) is 27.7 Å². The quantitative estimate of drug-likeness (QED) is 0.375. The summed E-state index contributed by atoms with van der Waals surface area (Å²) in [6, 6.07) is 0. The number of thiophene rings is 1. The third-order valence-electron chi connectivity index (χ3n) is 4.70. The first-order valence-electron chi connectivity index (χ1n) is 8.91. The van der Waals surface area contributed by atoms with Gasteiger partial charge in [-0.25, -0.2) is 15.1 Å². The minimum absolute atomic E-state index is 0.128. The number of anilines is 1. The largest absolute Gasteiger partial charge is 0.444 e. The number of fused-ring (bicyclic) bond motifs is 2. The van der Waals surface area contributed by atoms with Gasteiger partial charge in [-0.2, -0.15) is 5.10 Å². The third-order valence-corrected chi connectivity index (χ3v) is 6.78. The molecule has 0 unspecified atom stereocenters. The van der Waals surface area contributed by atoms with Gasteiger partial charge >= 0.3 is 0 Å². The number of hydrogen-bond donors (Lipinski definition) is 2. The van der Waals surface area contributed by atoms with E-state index in [1.807, 2.05) is 13.8 Å². The number of thioether (sulfide) groups is 1. The molecule has 4 aromatic rings. The fourth-order valence-electron chi connectivity index (χ4n) is 3.25. The topological polar surface area (TPSA) is 114 Å². The lowest BCUT2D eigenvalue weighted by molar-refractivity contribution is -0.113. The van der Waals surface area contributed by atoms with Crippen LogP contribution in [0.5, 0.6) is 0 Å². The van der Waals surface area contributed by atoms with Gasteiger partial charge in [0.05, 0.1) is 16.8 Å². The lowest BCUT2D eigenvalue weighted by Gasteiger charge is -2.05. The fraction of sp³-hybridized carbons (Fsp3) is 0.316. The van der Waals surface area contributed by atoms with Crippen LogP contribution in [0.25, 0.3) is 21.0 Å². The summed E-state index contributed by atoms with van der Waals surface area (Å²) in [6.45, 7) is 9.45. The lowest BCUT2D eigenvalue weighted by Crippen LogP contribution is -2.16. The van der Waals surface area contributed by atoms with E-state index in [9.17, 15) is 9.59 Å². The number of H-pyrrole nitrogens is 1. The maximum atomic E-state index is 12.6. The molecule has 0 spiro atoms. The van der Waals surface area contributed by atoms with Crippen LogP contribution >= 0.6 is 23.1 Å². The molecular formula is C19H19N5O3S2. The molecule has 2 N–H and O–H groups in total. The standard InChI is InChI=1S/C19H19N5O3S2/c1-7-10(4)29-19-13(7)18(20-11(5)21-19)28-6-12(25)22-17-15-14(9(3)27-17)8(2)23-24-16(15)26/h6H2,1-5H3,(H,22,25)(H,24,26). The average molecular weight is 430 g/mol. The maximum absolute atomic E-state index is 12.6. The molecule has 29 heavy (non-hydrogen) atoms. The minimum atomic E-state index is -0.400. The van der Waals surface area contributed by atoms with E-state index in [4.69, 9.17) is 4.42 Å². The van der Waals surface area contributed by atoms with E-state index in [-0.39, 0.29) is 17.5 Å². The van der Waals surface area contributed by atoms with Crippen molar-refractivity contribution in [3.05, 3.63) is 38.1 Å². The number of amides is 1. The van der Waals surface area contributed by atoms with E-state index in [0.29, 0.717) is 28.1 Å². The SMILES string of the molecule is Cc1nc(SCC(=O)Nc2oc(C)c3c(C)n[nH]c(=O)c23)c2c(C)c(C)sc2n1. The van der Waals surface area contributed by atoms with Gasteiger partial charge in [-0.3, -0.25) is 14.9 Å². The predicted molar refractivity (Wildman–Crippen MR) is 115 cm³/mol. The van der Waals surface area contributed by atoms with E-state index in [1.54, 1.807) is 25.2 Å². The van der Waals surface area contributed by atoms with Crippen LogP contribution in [0.3, 0.4) is 0 Å². The highest BCUT2D eigenvalue weighted by Gasteiger charge is 2.20. The summed E-state index contributed by atoms with van der Waals surface area (Å²) in [6.07, 6.45) is 0. The summed E-state index contributed by atoms with van der Waals surface area (Å²) in [4.78, 5) is 35.9. The number of aryl methyl sites for hydroxylation is 5. The second-order valence-corrected chi connectivity index (χ2v) is 8.92. The molecule has 0 aromatic carbocycles. The Morgan fingerprint density at radius 3 is 2.66 bits per heavy atom. The highest BCUT2D eigenvalue weighted by atomic mass is 32.2. The van der Waals surface area contributed by atoms with Gasteiger partial charge in [-0.05, 0) is 40.2 Å². The number of nitrogens with one attached hydrogen (secondary N) is 2. The Labute approximate surface area is 174 Å². The van der Waals surface area contributed by atoms with Crippen molar-refractivity contribution < 1.29 is 9.21 Å². The second kappa shape index (κ2) is 7.27. The smallest absolute Gasteiger partial charge is 0.277 e. The van der Waals surface area contributed by atoms with Crippen molar-refractivity contribution in [1.82, 2.24) is 20.2 Å². The number of hydrogen-bond acceptors (Lipinski definition) is 8. The van der Waals surface area contributed by atoms with Gasteiger partial charge in [0.1, 0.15) is 26.8 Å². The number of carbonyl (C=O) groups excluding carboxylic acids is 1. The molecule has 0 radical (unpaired) electrons. The van der Waals surface area contributed by atoms with Crippen molar-refractivity contribution in [3.63, 3.8) is 0 Å². The van der Waals surface area contributed by atoms with Gasteiger partial charge in [0.2, 0.25) is 11.8 Å². The molecule has 0 fully saturated rings. The zero-order valence-electron chi connectivity index (χ0n) is 16.6. The maximum Gasteiger partial charge on any atom is 0.277 e. The molecule has 0 atom stereocenters. The van der Waals surface area contributed by atoms with Crippen LogP contribution in [-0.2, 0) is 4.79 Å². The van der Waals surface area contributed by atoms with Crippen molar-refractivity contribution in [2.45, 2.75) is 39.6 Å². The second-order valence-electron chi connectivity index (χ2n) is 6.75. The summed E-state index contributed by atoms with van der Waals surface area (Å²) >= 11 is 2.97. The molecule has 4 heterocycles. The molecule has 0 bridgehead atoms. The van der Waals surface area contributed by atoms with E-state index < -0.39 is 5.56 Å². The monoisotopic (exact) mass is 429 g/mol. The summed E-state index contributed by atoms with van der Waals surface area (Å²) in [7, 11) is 0. The predicted octanol–water partition coefficient (Wildman–Crippen LogP) is 3.79. The van der Waals surface area contributed by atoms with Gasteiger partial charge < -0.3 is 4.42 Å². The average Bonchev–Trinajstić information content (AvgIpc) is 3.13. The first kappa shape index (κ1) is 19.6. The summed E-state index contributed by atoms with van der Waals surface area (Å²) in [5, 5.41) is 11.8. The van der Waals surface area contributed by atoms with Crippen molar-refractivity contribution in [3.8, 4) is 0 Å². The van der Waals surface area contributed by atoms with Crippen LogP contribution in [0.15, 0.2) is 14.2 Å². The molecular weight excluding hydrogens is 410 g/mol. The first-order chi connectivity index (χ1) is 13.8. The minimum Gasteiger partial charge on any atom is -0.444 e. The zero-order valence-corrected chi connectivity index (χ0v) is 18.2. The Morgan fingerprint density at radius 1 is 1.14 bits per heavy atom. The van der Waals surface area contributed by atoms with E-state index in [2.05, 4.69) is 32.4 Å². The molecule has 0 saturated carbocycles. The van der Waals surface area contributed by atoms with Crippen LogP contribution in [0.4, 0.5) is 5.88 Å². The summed E-state index contributed by atoms with van der Waals surface area (Å²) < 4.78 is 5.64. The van der Waals surface area contributed by atoms with Gasteiger partial charge in [0.15, 0.2) is 0 Å². The number of furan rings is 1. The highest BCUT2D eigenvalue weighted by Crippen LogP contribution is 2.35. The molecule has 10 heteroatoms. The molecule has 0 saturated heterocycles. The molecule has 150 valence electrons. The van der Waals surface area contributed by atoms with E-state index >= 15 is 0 Å². The van der Waals surface area contributed by atoms with E-state index in [0.717, 1.165) is 20.8 Å². The Morgan fingerprint density at radius 2 is 1.90 bits per heavy atom. The molecule has 0 aliphatic rings. The summed E-state index contributed by atoms with van der Waals surface area (Å²) in [5.74, 6) is 1.19. The van der Waals surface area contributed by atoms with Gasteiger partial charge in [-0.15, -0.1) is 11.3 Å². The van der Waals surface area contributed by atoms with Crippen molar-refractivity contribution in [2.24, 2.45) is 0 Å². The van der Waals surface area contributed by atoms with Crippen molar-refractivity contribution in [1.29, 1.82) is 0 Å². The molecule has 4 aromatic heterocycles. The number of aromatic amines is 1. The number of carbonyl (C=O) groups is 1. The Kier molecular flexibility index (Phi) is 4.91. The zero-order chi connectivity index (χ0) is 20.9. The summed E-state index contributed by atoms with van der Waals surface area (Å²) in [5.41, 5.74) is 1.37. The lowest BCUT2D eigenvalue weighted by atomic mass is 10.2. The normalized spacial score (nSPS) is 11.5. The third kappa shape index (κ3) is 3.42. The van der Waals surface area contributed by atoms with Crippen LogP contribution in [0.2, 0.25) is 0 Å². The van der Waals surface area contributed by atoms with Crippen LogP contribution in [0, 0.1) is 34.6 Å². The molecule has 1 amide bonds. The number of nitrogens with zero attached hydrogens (tertiary/aromatic N) is 3. The van der Waals surface area contributed by atoms with Crippen LogP contribution in [-0.4, -0.2) is 31.8 Å². The molecule has 0 aliphatic heterocycles. The highest BCUT2D eigenvalue weighted by molar-refractivity contribution is 8.00. The van der Waals surface area contributed by atoms with Crippen molar-refractivity contribution >= 4 is 55.9 Å². The number of rotatable bonds is 4. The Hall–Kier alpha value is -2.72.